The maximum absolute atomic E-state index is 12.0. The van der Waals surface area contributed by atoms with Gasteiger partial charge in [0.25, 0.3) is 0 Å². The first-order valence-corrected chi connectivity index (χ1v) is 13.6. The number of carbonyl (C=O) groups excluding carboxylic acids is 1. The van der Waals surface area contributed by atoms with Crippen LogP contribution in [0, 0.1) is 13.8 Å². The van der Waals surface area contributed by atoms with E-state index in [4.69, 9.17) is 4.74 Å². The lowest BCUT2D eigenvalue weighted by Crippen LogP contribution is -2.25. The van der Waals surface area contributed by atoms with Gasteiger partial charge in [-0.05, 0) is 37.0 Å². The van der Waals surface area contributed by atoms with Gasteiger partial charge in [0.15, 0.2) is 6.10 Å². The number of aliphatic hydroxyl groups is 1. The van der Waals surface area contributed by atoms with E-state index in [0.29, 0.717) is 6.61 Å². The van der Waals surface area contributed by atoms with E-state index >= 15 is 0 Å². The molecule has 4 heteroatoms. The summed E-state index contributed by atoms with van der Waals surface area (Å²) in [6.07, 6.45) is 20.0. The Bertz CT molecular complexity index is 618. The summed E-state index contributed by atoms with van der Waals surface area (Å²) in [5.74, 6) is -0.293. The summed E-state index contributed by atoms with van der Waals surface area (Å²) < 4.78 is 5.24. The zero-order valence-electron chi connectivity index (χ0n) is 21.7. The van der Waals surface area contributed by atoms with Crippen LogP contribution in [0.15, 0.2) is 12.1 Å². The van der Waals surface area contributed by atoms with Crippen LogP contribution in [0.25, 0.3) is 0 Å². The summed E-state index contributed by atoms with van der Waals surface area (Å²) in [5.41, 5.74) is 2.33. The Morgan fingerprint density at radius 2 is 1.15 bits per heavy atom. The molecule has 0 spiro atoms. The fourth-order valence-corrected chi connectivity index (χ4v) is 4.39. The van der Waals surface area contributed by atoms with Crippen molar-refractivity contribution in [1.82, 2.24) is 0 Å². The summed E-state index contributed by atoms with van der Waals surface area (Å²) in [6.45, 7) is 6.28. The third-order valence-corrected chi connectivity index (χ3v) is 6.49. The number of hydrogen-bond acceptors (Lipinski definition) is 4. The summed E-state index contributed by atoms with van der Waals surface area (Å²) in [4.78, 5) is 12.0. The van der Waals surface area contributed by atoms with Crippen LogP contribution in [0.5, 0.6) is 5.75 Å². The van der Waals surface area contributed by atoms with Crippen LogP contribution in [0.2, 0.25) is 0 Å². The highest BCUT2D eigenvalue weighted by atomic mass is 16.5. The molecule has 2 N–H and O–H groups in total. The van der Waals surface area contributed by atoms with Crippen molar-refractivity contribution in [2.45, 2.75) is 136 Å². The highest BCUT2D eigenvalue weighted by Gasteiger charge is 2.18. The van der Waals surface area contributed by atoms with Gasteiger partial charge < -0.3 is 14.9 Å². The van der Waals surface area contributed by atoms with E-state index in [1.54, 1.807) is 12.1 Å². The van der Waals surface area contributed by atoms with Crippen molar-refractivity contribution in [1.29, 1.82) is 0 Å². The molecule has 0 aliphatic carbocycles. The number of rotatable bonds is 20. The molecule has 1 aromatic rings. The number of aliphatic hydroxyl groups excluding tert-OH is 1. The molecule has 33 heavy (non-hydrogen) atoms. The number of unbranched alkanes of at least 4 members (excludes halogenated alkanes) is 15. The molecule has 0 saturated carbocycles. The Labute approximate surface area is 203 Å². The monoisotopic (exact) mass is 462 g/mol. The summed E-state index contributed by atoms with van der Waals surface area (Å²) >= 11 is 0. The number of aryl methyl sites for hydroxylation is 2. The van der Waals surface area contributed by atoms with Crippen molar-refractivity contribution in [2.24, 2.45) is 0 Å². The third kappa shape index (κ3) is 14.3. The molecule has 0 aliphatic rings. The average molecular weight is 463 g/mol. The molecule has 1 aromatic carbocycles. The molecule has 0 aliphatic heterocycles. The molecule has 1 atom stereocenters. The maximum Gasteiger partial charge on any atom is 0.335 e. The Morgan fingerprint density at radius 3 is 1.58 bits per heavy atom. The number of hydrogen-bond donors (Lipinski definition) is 2. The van der Waals surface area contributed by atoms with Gasteiger partial charge in [0.2, 0.25) is 0 Å². The average Bonchev–Trinajstić information content (AvgIpc) is 2.79. The third-order valence-electron chi connectivity index (χ3n) is 6.49. The van der Waals surface area contributed by atoms with Crippen molar-refractivity contribution in [3.8, 4) is 5.75 Å². The van der Waals surface area contributed by atoms with Crippen molar-refractivity contribution in [3.05, 3.63) is 28.8 Å². The fourth-order valence-electron chi connectivity index (χ4n) is 4.39. The molecular weight excluding hydrogens is 412 g/mol. The second-order valence-electron chi connectivity index (χ2n) is 9.77. The van der Waals surface area contributed by atoms with E-state index in [1.807, 2.05) is 13.8 Å². The molecule has 4 nitrogen and oxygen atoms in total. The minimum atomic E-state index is -1.16. The normalized spacial score (nSPS) is 12.1. The minimum absolute atomic E-state index is 0.208. The van der Waals surface area contributed by atoms with Crippen molar-refractivity contribution in [2.75, 3.05) is 6.61 Å². The van der Waals surface area contributed by atoms with E-state index in [-0.39, 0.29) is 12.2 Å². The van der Waals surface area contributed by atoms with Crippen molar-refractivity contribution in [3.63, 3.8) is 0 Å². The molecule has 0 saturated heterocycles. The quantitative estimate of drug-likeness (QED) is 0.154. The van der Waals surface area contributed by atoms with Gasteiger partial charge in [0, 0.05) is 6.42 Å². The lowest BCUT2D eigenvalue weighted by molar-refractivity contribution is -0.153. The van der Waals surface area contributed by atoms with Crippen LogP contribution in [0.3, 0.4) is 0 Å². The summed E-state index contributed by atoms with van der Waals surface area (Å²) in [5, 5.41) is 20.0. The van der Waals surface area contributed by atoms with Crippen LogP contribution in [0.4, 0.5) is 0 Å². The molecule has 1 unspecified atom stereocenters. The number of phenols is 1. The topological polar surface area (TPSA) is 66.8 Å². The molecule has 0 radical (unpaired) electrons. The number of esters is 1. The largest absolute Gasteiger partial charge is 0.507 e. The highest BCUT2D eigenvalue weighted by molar-refractivity contribution is 5.74. The van der Waals surface area contributed by atoms with Crippen LogP contribution >= 0.6 is 0 Å². The van der Waals surface area contributed by atoms with Gasteiger partial charge in [-0.2, -0.15) is 0 Å². The van der Waals surface area contributed by atoms with Crippen LogP contribution in [-0.4, -0.2) is 28.9 Å². The lowest BCUT2D eigenvalue weighted by Gasteiger charge is -2.13. The first-order chi connectivity index (χ1) is 16.0. The maximum atomic E-state index is 12.0. The van der Waals surface area contributed by atoms with Crippen LogP contribution in [0.1, 0.15) is 126 Å². The van der Waals surface area contributed by atoms with Crippen LogP contribution < -0.4 is 0 Å². The van der Waals surface area contributed by atoms with Gasteiger partial charge in [-0.3, -0.25) is 0 Å². The summed E-state index contributed by atoms with van der Waals surface area (Å²) in [7, 11) is 0. The second-order valence-corrected chi connectivity index (χ2v) is 9.77. The Morgan fingerprint density at radius 1 is 0.758 bits per heavy atom. The summed E-state index contributed by atoms with van der Waals surface area (Å²) in [6, 6.07) is 3.60. The SMILES string of the molecule is CCCCCCCCCCCCCCCCCCOC(=O)C(O)Cc1cc(C)c(O)c(C)c1. The first-order valence-electron chi connectivity index (χ1n) is 13.6. The highest BCUT2D eigenvalue weighted by Crippen LogP contribution is 2.23. The second kappa shape index (κ2) is 18.8. The number of aromatic hydroxyl groups is 1. The van der Waals surface area contributed by atoms with E-state index < -0.39 is 12.1 Å². The number of benzene rings is 1. The molecule has 1 rings (SSSR count). The van der Waals surface area contributed by atoms with Crippen molar-refractivity contribution >= 4 is 5.97 Å². The van der Waals surface area contributed by atoms with E-state index in [2.05, 4.69) is 6.92 Å². The van der Waals surface area contributed by atoms with E-state index in [1.165, 1.54) is 89.9 Å². The smallest absolute Gasteiger partial charge is 0.335 e. The lowest BCUT2D eigenvalue weighted by atomic mass is 10.0. The molecule has 0 heterocycles. The standard InChI is InChI=1S/C29H50O4/c1-4-5-6-7-8-9-10-11-12-13-14-15-16-17-18-19-20-33-29(32)27(30)23-26-21-24(2)28(31)25(3)22-26/h21-22,27,30-31H,4-20,23H2,1-3H3. The van der Waals surface area contributed by atoms with Gasteiger partial charge >= 0.3 is 5.97 Å². The fraction of sp³-hybridized carbons (Fsp3) is 0.759. The van der Waals surface area contributed by atoms with Gasteiger partial charge in [0.1, 0.15) is 5.75 Å². The first kappa shape index (κ1) is 29.5. The molecule has 0 amide bonds. The predicted octanol–water partition coefficient (Wildman–Crippen LogP) is 7.72. The van der Waals surface area contributed by atoms with Gasteiger partial charge in [0.05, 0.1) is 6.61 Å². The minimum Gasteiger partial charge on any atom is -0.507 e. The zero-order valence-corrected chi connectivity index (χ0v) is 21.7. The Kier molecular flexibility index (Phi) is 16.8. The number of ether oxygens (including phenoxy) is 1. The zero-order chi connectivity index (χ0) is 24.3. The molecule has 0 fully saturated rings. The predicted molar refractivity (Wildman–Crippen MR) is 138 cm³/mol. The van der Waals surface area contributed by atoms with Gasteiger partial charge in [-0.1, -0.05) is 115 Å². The molecular formula is C29H50O4. The molecule has 190 valence electrons. The van der Waals surface area contributed by atoms with Gasteiger partial charge in [-0.25, -0.2) is 4.79 Å². The van der Waals surface area contributed by atoms with Gasteiger partial charge in [-0.15, -0.1) is 0 Å². The van der Waals surface area contributed by atoms with Crippen LogP contribution in [-0.2, 0) is 16.0 Å². The Hall–Kier alpha value is -1.55. The number of phenolic OH excluding ortho intramolecular Hbond substituents is 1. The number of carbonyl (C=O) groups is 1. The molecule has 0 aromatic heterocycles. The Balaban J connectivity index is 1.92. The van der Waals surface area contributed by atoms with E-state index in [0.717, 1.165) is 29.5 Å². The van der Waals surface area contributed by atoms with Crippen molar-refractivity contribution < 1.29 is 19.7 Å². The molecule has 0 bridgehead atoms. The van der Waals surface area contributed by atoms with E-state index in [9.17, 15) is 15.0 Å².